The van der Waals surface area contributed by atoms with Gasteiger partial charge >= 0.3 is 6.03 Å². The van der Waals surface area contributed by atoms with Crippen molar-refractivity contribution in [1.82, 2.24) is 25.2 Å². The first-order chi connectivity index (χ1) is 12.2. The van der Waals surface area contributed by atoms with Gasteiger partial charge in [-0.3, -0.25) is 0 Å². The maximum Gasteiger partial charge on any atom is 0.318 e. The van der Waals surface area contributed by atoms with Crippen LogP contribution in [-0.4, -0.2) is 45.1 Å². The molecule has 4 rings (SSSR count). The van der Waals surface area contributed by atoms with Crippen LogP contribution in [0.1, 0.15) is 37.3 Å². The highest BCUT2D eigenvalue weighted by Crippen LogP contribution is 2.40. The highest BCUT2D eigenvalue weighted by atomic mass is 16.5. The van der Waals surface area contributed by atoms with Crippen LogP contribution in [-0.2, 0) is 6.54 Å². The topological polar surface area (TPSA) is 72.3 Å². The van der Waals surface area contributed by atoms with Crippen molar-refractivity contribution in [2.24, 2.45) is 0 Å². The maximum absolute atomic E-state index is 12.7. The number of methoxy groups -OCH3 is 1. The van der Waals surface area contributed by atoms with Gasteiger partial charge in [-0.15, -0.1) is 0 Å². The normalized spacial score (nSPS) is 25.0. The molecule has 2 bridgehead atoms. The number of nitrogens with one attached hydrogen (secondary N) is 1. The number of carbonyl (C=O) groups is 1. The quantitative estimate of drug-likeness (QED) is 0.927. The summed E-state index contributed by atoms with van der Waals surface area (Å²) in [6.07, 6.45) is 7.44. The number of fused-ring (bicyclic) bond motifs is 2. The molecule has 2 aliphatic heterocycles. The Bertz CT molecular complexity index is 702. The number of carbonyl (C=O) groups excluding carboxylic acids is 1. The number of amides is 2. The van der Waals surface area contributed by atoms with Gasteiger partial charge in [0.15, 0.2) is 0 Å². The molecule has 1 aromatic heterocycles. The predicted molar refractivity (Wildman–Crippen MR) is 92.2 cm³/mol. The van der Waals surface area contributed by atoms with Crippen LogP contribution in [0.5, 0.6) is 5.75 Å². The summed E-state index contributed by atoms with van der Waals surface area (Å²) in [5.41, 5.74) is 1.07. The minimum Gasteiger partial charge on any atom is -0.497 e. The van der Waals surface area contributed by atoms with Gasteiger partial charge < -0.3 is 15.0 Å². The average Bonchev–Trinajstić information content (AvgIpc) is 3.27. The lowest BCUT2D eigenvalue weighted by molar-refractivity contribution is 0.115. The van der Waals surface area contributed by atoms with Crippen molar-refractivity contribution >= 4 is 6.03 Å². The van der Waals surface area contributed by atoms with Crippen molar-refractivity contribution in [1.29, 1.82) is 0 Å². The van der Waals surface area contributed by atoms with E-state index < -0.39 is 0 Å². The summed E-state index contributed by atoms with van der Waals surface area (Å²) >= 11 is 0. The number of piperidine rings is 1. The third-order valence-corrected chi connectivity index (χ3v) is 5.31. The summed E-state index contributed by atoms with van der Waals surface area (Å²) in [6, 6.07) is 8.68. The molecule has 3 heterocycles. The summed E-state index contributed by atoms with van der Waals surface area (Å²) < 4.78 is 5.16. The van der Waals surface area contributed by atoms with Gasteiger partial charge in [-0.2, -0.15) is 15.0 Å². The molecule has 0 spiro atoms. The number of benzene rings is 1. The molecule has 0 radical (unpaired) electrons. The molecule has 1 aromatic carbocycles. The second-order valence-electron chi connectivity index (χ2n) is 6.77. The molecule has 2 unspecified atom stereocenters. The van der Waals surface area contributed by atoms with Gasteiger partial charge in [-0.05, 0) is 43.4 Å². The molecular weight excluding hydrogens is 318 g/mol. The molecule has 1 N–H and O–H groups in total. The monoisotopic (exact) mass is 341 g/mol. The molecule has 25 heavy (non-hydrogen) atoms. The first-order valence-corrected chi connectivity index (χ1v) is 8.79. The fourth-order valence-electron chi connectivity index (χ4n) is 4.10. The summed E-state index contributed by atoms with van der Waals surface area (Å²) in [7, 11) is 1.65. The van der Waals surface area contributed by atoms with E-state index in [0.717, 1.165) is 37.0 Å². The molecule has 0 aliphatic carbocycles. The first-order valence-electron chi connectivity index (χ1n) is 8.79. The number of aromatic nitrogens is 3. The van der Waals surface area contributed by atoms with Crippen molar-refractivity contribution in [2.75, 3.05) is 7.11 Å². The van der Waals surface area contributed by atoms with Gasteiger partial charge in [0.25, 0.3) is 0 Å². The van der Waals surface area contributed by atoms with Crippen LogP contribution in [0.25, 0.3) is 0 Å². The fraction of sp³-hybridized carbons (Fsp3) is 0.500. The van der Waals surface area contributed by atoms with E-state index in [1.807, 2.05) is 29.2 Å². The number of ether oxygens (including phenoxy) is 1. The third kappa shape index (κ3) is 3.18. The van der Waals surface area contributed by atoms with Crippen molar-refractivity contribution < 1.29 is 9.53 Å². The van der Waals surface area contributed by atoms with Gasteiger partial charge in [0.1, 0.15) is 5.75 Å². The van der Waals surface area contributed by atoms with Crippen molar-refractivity contribution in [2.45, 2.75) is 50.4 Å². The Morgan fingerprint density at radius 2 is 1.76 bits per heavy atom. The van der Waals surface area contributed by atoms with Crippen LogP contribution >= 0.6 is 0 Å². The molecule has 2 atom stereocenters. The van der Waals surface area contributed by atoms with Gasteiger partial charge in [-0.25, -0.2) is 4.79 Å². The van der Waals surface area contributed by atoms with Gasteiger partial charge in [0.2, 0.25) is 0 Å². The summed E-state index contributed by atoms with van der Waals surface area (Å²) in [5.74, 6) is 0.822. The molecule has 2 amide bonds. The second kappa shape index (κ2) is 6.74. The molecule has 0 saturated carbocycles. The molecule has 132 valence electrons. The third-order valence-electron chi connectivity index (χ3n) is 5.31. The molecule has 7 heteroatoms. The lowest BCUT2D eigenvalue weighted by Crippen LogP contribution is -2.51. The van der Waals surface area contributed by atoms with Crippen molar-refractivity contribution in [3.63, 3.8) is 0 Å². The minimum atomic E-state index is 0.0372. The van der Waals surface area contributed by atoms with Gasteiger partial charge in [-0.1, -0.05) is 12.1 Å². The van der Waals surface area contributed by atoms with E-state index in [0.29, 0.717) is 12.6 Å². The zero-order chi connectivity index (χ0) is 17.2. The zero-order valence-electron chi connectivity index (χ0n) is 14.3. The van der Waals surface area contributed by atoms with Gasteiger partial charge in [0, 0.05) is 18.6 Å². The maximum atomic E-state index is 12.7. The zero-order valence-corrected chi connectivity index (χ0v) is 14.3. The Balaban J connectivity index is 1.36. The van der Waals surface area contributed by atoms with Crippen LogP contribution in [0.15, 0.2) is 36.7 Å². The molecular formula is C18H23N5O2. The summed E-state index contributed by atoms with van der Waals surface area (Å²) in [6.45, 7) is 0.531. The number of hydrogen-bond acceptors (Lipinski definition) is 4. The van der Waals surface area contributed by atoms with Gasteiger partial charge in [0.05, 0.1) is 25.5 Å². The smallest absolute Gasteiger partial charge is 0.318 e. The van der Waals surface area contributed by atoms with Crippen LogP contribution in [0.2, 0.25) is 0 Å². The largest absolute Gasteiger partial charge is 0.497 e. The highest BCUT2D eigenvalue weighted by molar-refractivity contribution is 5.75. The Hall–Kier alpha value is -2.57. The first kappa shape index (κ1) is 15.9. The summed E-state index contributed by atoms with van der Waals surface area (Å²) in [4.78, 5) is 16.5. The van der Waals surface area contributed by atoms with E-state index in [1.165, 1.54) is 0 Å². The van der Waals surface area contributed by atoms with E-state index in [-0.39, 0.29) is 18.1 Å². The molecule has 2 saturated heterocycles. The predicted octanol–water partition coefficient (Wildman–Crippen LogP) is 2.36. The average molecular weight is 341 g/mol. The Morgan fingerprint density at radius 3 is 2.36 bits per heavy atom. The SMILES string of the molecule is COc1ccc(CNC(=O)N2C3CCC2CC(n2nccn2)C3)cc1. The number of nitrogens with zero attached hydrogens (tertiary/aromatic N) is 4. The van der Waals surface area contributed by atoms with E-state index in [1.54, 1.807) is 24.3 Å². The molecule has 7 nitrogen and oxygen atoms in total. The van der Waals surface area contributed by atoms with E-state index >= 15 is 0 Å². The van der Waals surface area contributed by atoms with Crippen LogP contribution < -0.4 is 10.1 Å². The van der Waals surface area contributed by atoms with E-state index in [4.69, 9.17) is 4.74 Å². The summed E-state index contributed by atoms with van der Waals surface area (Å²) in [5, 5.41) is 11.6. The molecule has 2 aromatic rings. The van der Waals surface area contributed by atoms with Crippen molar-refractivity contribution in [3.8, 4) is 5.75 Å². The Kier molecular flexibility index (Phi) is 4.29. The van der Waals surface area contributed by atoms with E-state index in [9.17, 15) is 4.79 Å². The molecule has 2 aliphatic rings. The fourth-order valence-corrected chi connectivity index (χ4v) is 4.10. The van der Waals surface area contributed by atoms with Crippen LogP contribution in [0.4, 0.5) is 4.79 Å². The lowest BCUT2D eigenvalue weighted by Gasteiger charge is -2.38. The number of urea groups is 1. The number of hydrogen-bond donors (Lipinski definition) is 1. The lowest BCUT2D eigenvalue weighted by atomic mass is 9.98. The van der Waals surface area contributed by atoms with Crippen LogP contribution in [0.3, 0.4) is 0 Å². The molecule has 2 fully saturated rings. The Morgan fingerprint density at radius 1 is 1.12 bits per heavy atom. The van der Waals surface area contributed by atoms with E-state index in [2.05, 4.69) is 15.5 Å². The highest BCUT2D eigenvalue weighted by Gasteiger charge is 2.44. The standard InChI is InChI=1S/C18H23N5O2/c1-25-17-6-2-13(3-7-17)12-19-18(24)22-14-4-5-15(22)11-16(10-14)23-20-8-9-21-23/h2-3,6-9,14-16H,4-5,10-12H2,1H3,(H,19,24). The second-order valence-corrected chi connectivity index (χ2v) is 6.77. The Labute approximate surface area is 147 Å². The minimum absolute atomic E-state index is 0.0372. The number of rotatable bonds is 4. The van der Waals surface area contributed by atoms with Crippen LogP contribution in [0, 0.1) is 0 Å². The van der Waals surface area contributed by atoms with Crippen molar-refractivity contribution in [3.05, 3.63) is 42.2 Å².